The summed E-state index contributed by atoms with van der Waals surface area (Å²) in [6.45, 7) is 4.14. The first-order valence-electron chi connectivity index (χ1n) is 6.26. The van der Waals surface area contributed by atoms with Gasteiger partial charge < -0.3 is 9.69 Å². The van der Waals surface area contributed by atoms with Gasteiger partial charge in [-0.15, -0.1) is 0 Å². The van der Waals surface area contributed by atoms with Crippen molar-refractivity contribution in [2.75, 3.05) is 26.2 Å². The van der Waals surface area contributed by atoms with Gasteiger partial charge in [-0.25, -0.2) is 0 Å². The molecule has 0 unspecified atom stereocenters. The van der Waals surface area contributed by atoms with Crippen LogP contribution < -0.4 is 0 Å². The van der Waals surface area contributed by atoms with Crippen molar-refractivity contribution in [2.45, 2.75) is 38.1 Å². The number of carbonyl (C=O) groups is 2. The largest absolute Gasteiger partial charge is 0.339 e. The molecule has 2 fully saturated rings. The topological polar surface area (TPSA) is 40.6 Å². The van der Waals surface area contributed by atoms with Gasteiger partial charge in [-0.05, 0) is 25.9 Å². The minimum Gasteiger partial charge on any atom is -0.339 e. The highest BCUT2D eigenvalue weighted by molar-refractivity contribution is 5.79. The summed E-state index contributed by atoms with van der Waals surface area (Å²) in [5, 5.41) is 0. The van der Waals surface area contributed by atoms with E-state index in [0.717, 1.165) is 19.4 Å². The molecule has 4 nitrogen and oxygen atoms in total. The van der Waals surface area contributed by atoms with Gasteiger partial charge in [0, 0.05) is 32.0 Å². The number of nitrogens with zero attached hydrogens (tertiary/aromatic N) is 2. The summed E-state index contributed by atoms with van der Waals surface area (Å²) in [4.78, 5) is 26.1. The van der Waals surface area contributed by atoms with Crippen molar-refractivity contribution < 1.29 is 9.59 Å². The van der Waals surface area contributed by atoms with E-state index in [1.165, 1.54) is 32.4 Å². The fourth-order valence-corrected chi connectivity index (χ4v) is 2.51. The maximum atomic E-state index is 11.6. The minimum atomic E-state index is 0.139. The third-order valence-electron chi connectivity index (χ3n) is 3.60. The maximum absolute atomic E-state index is 11.6. The van der Waals surface area contributed by atoms with Gasteiger partial charge in [0.1, 0.15) is 6.29 Å². The molecule has 0 N–H and O–H groups in total. The van der Waals surface area contributed by atoms with Crippen LogP contribution >= 0.6 is 0 Å². The number of aldehydes is 1. The van der Waals surface area contributed by atoms with E-state index < -0.39 is 0 Å². The van der Waals surface area contributed by atoms with Crippen LogP contribution in [0.1, 0.15) is 32.1 Å². The Morgan fingerprint density at radius 1 is 1.19 bits per heavy atom. The van der Waals surface area contributed by atoms with E-state index in [1.807, 2.05) is 4.90 Å². The Hall–Kier alpha value is -0.900. The molecule has 0 spiro atoms. The van der Waals surface area contributed by atoms with Crippen LogP contribution in [-0.2, 0) is 9.59 Å². The van der Waals surface area contributed by atoms with Crippen LogP contribution in [0.4, 0.5) is 0 Å². The Labute approximate surface area is 96.6 Å². The van der Waals surface area contributed by atoms with Gasteiger partial charge in [-0.3, -0.25) is 9.69 Å². The van der Waals surface area contributed by atoms with Gasteiger partial charge in [0.15, 0.2) is 0 Å². The summed E-state index contributed by atoms with van der Waals surface area (Å²) in [6.07, 6.45) is 5.52. The van der Waals surface area contributed by atoms with Crippen molar-refractivity contribution in [3.05, 3.63) is 0 Å². The molecule has 0 atom stereocenters. The standard InChI is InChI=1S/C12H20N2O2/c15-8-4-5-12(16)14-9-11(10-14)13-6-2-1-3-7-13/h8,11H,1-7,9-10H2. The van der Waals surface area contributed by atoms with E-state index in [9.17, 15) is 9.59 Å². The molecule has 0 radical (unpaired) electrons. The van der Waals surface area contributed by atoms with E-state index in [2.05, 4.69) is 4.90 Å². The molecule has 2 saturated heterocycles. The fourth-order valence-electron chi connectivity index (χ4n) is 2.51. The van der Waals surface area contributed by atoms with Gasteiger partial charge in [-0.2, -0.15) is 0 Å². The predicted molar refractivity (Wildman–Crippen MR) is 61.1 cm³/mol. The molecule has 90 valence electrons. The molecule has 0 aliphatic carbocycles. The van der Waals surface area contributed by atoms with Crippen molar-refractivity contribution >= 4 is 12.2 Å². The molecule has 0 saturated carbocycles. The van der Waals surface area contributed by atoms with Crippen LogP contribution in [0.5, 0.6) is 0 Å². The summed E-state index contributed by atoms with van der Waals surface area (Å²) < 4.78 is 0. The van der Waals surface area contributed by atoms with E-state index >= 15 is 0 Å². The number of carbonyl (C=O) groups excluding carboxylic acids is 2. The average molecular weight is 224 g/mol. The van der Waals surface area contributed by atoms with Crippen LogP contribution in [0.15, 0.2) is 0 Å². The lowest BCUT2D eigenvalue weighted by molar-refractivity contribution is -0.139. The molecule has 2 aliphatic heterocycles. The zero-order valence-electron chi connectivity index (χ0n) is 9.73. The Balaban J connectivity index is 1.68. The van der Waals surface area contributed by atoms with Crippen LogP contribution in [-0.4, -0.2) is 54.2 Å². The second-order valence-corrected chi connectivity index (χ2v) is 4.75. The Bertz CT molecular complexity index is 256. The molecule has 0 bridgehead atoms. The summed E-state index contributed by atoms with van der Waals surface area (Å²) in [6, 6.07) is 0.584. The average Bonchev–Trinajstić information content (AvgIpc) is 2.26. The number of amides is 1. The Kier molecular flexibility index (Phi) is 3.93. The van der Waals surface area contributed by atoms with E-state index in [4.69, 9.17) is 0 Å². The van der Waals surface area contributed by atoms with Crippen molar-refractivity contribution in [1.82, 2.24) is 9.80 Å². The van der Waals surface area contributed by atoms with Gasteiger partial charge in [0.25, 0.3) is 0 Å². The van der Waals surface area contributed by atoms with E-state index in [1.54, 1.807) is 0 Å². The highest BCUT2D eigenvalue weighted by Gasteiger charge is 2.34. The molecule has 1 amide bonds. The molecule has 2 heterocycles. The highest BCUT2D eigenvalue weighted by Crippen LogP contribution is 2.20. The van der Waals surface area contributed by atoms with Crippen molar-refractivity contribution in [2.24, 2.45) is 0 Å². The van der Waals surface area contributed by atoms with Gasteiger partial charge >= 0.3 is 0 Å². The number of piperidine rings is 1. The SMILES string of the molecule is O=CCCC(=O)N1CC(N2CCCCC2)C1. The molecule has 2 aliphatic rings. The fraction of sp³-hybridized carbons (Fsp3) is 0.833. The summed E-state index contributed by atoms with van der Waals surface area (Å²) in [5.41, 5.74) is 0. The third kappa shape index (κ3) is 2.61. The smallest absolute Gasteiger partial charge is 0.223 e. The van der Waals surface area contributed by atoms with Crippen LogP contribution in [0, 0.1) is 0 Å². The molecular weight excluding hydrogens is 204 g/mol. The van der Waals surface area contributed by atoms with Crippen molar-refractivity contribution in [1.29, 1.82) is 0 Å². The number of likely N-dealkylation sites (tertiary alicyclic amines) is 2. The number of rotatable bonds is 4. The first kappa shape index (κ1) is 11.6. The molecule has 4 heteroatoms. The second-order valence-electron chi connectivity index (χ2n) is 4.75. The minimum absolute atomic E-state index is 0.139. The second kappa shape index (κ2) is 5.43. The third-order valence-corrected chi connectivity index (χ3v) is 3.60. The van der Waals surface area contributed by atoms with Gasteiger partial charge in [-0.1, -0.05) is 6.42 Å². The van der Waals surface area contributed by atoms with Crippen molar-refractivity contribution in [3.63, 3.8) is 0 Å². The predicted octanol–water partition coefficient (Wildman–Crippen LogP) is 0.662. The van der Waals surface area contributed by atoms with Crippen LogP contribution in [0.25, 0.3) is 0 Å². The number of hydrogen-bond acceptors (Lipinski definition) is 3. The quantitative estimate of drug-likeness (QED) is 0.659. The lowest BCUT2D eigenvalue weighted by atomic mass is 10.0. The Morgan fingerprint density at radius 2 is 1.88 bits per heavy atom. The lowest BCUT2D eigenvalue weighted by Gasteiger charge is -2.46. The summed E-state index contributed by atoms with van der Waals surface area (Å²) >= 11 is 0. The van der Waals surface area contributed by atoms with Gasteiger partial charge in [0.05, 0.1) is 0 Å². The normalized spacial score (nSPS) is 22.9. The molecule has 2 rings (SSSR count). The summed E-state index contributed by atoms with van der Waals surface area (Å²) in [5.74, 6) is 0.139. The van der Waals surface area contributed by atoms with Crippen LogP contribution in [0.2, 0.25) is 0 Å². The first-order chi connectivity index (χ1) is 7.81. The highest BCUT2D eigenvalue weighted by atomic mass is 16.2. The number of hydrogen-bond donors (Lipinski definition) is 0. The molecule has 0 aromatic rings. The maximum Gasteiger partial charge on any atom is 0.223 e. The van der Waals surface area contributed by atoms with E-state index in [-0.39, 0.29) is 5.91 Å². The zero-order valence-corrected chi connectivity index (χ0v) is 9.73. The van der Waals surface area contributed by atoms with Crippen molar-refractivity contribution in [3.8, 4) is 0 Å². The summed E-state index contributed by atoms with van der Waals surface area (Å²) in [7, 11) is 0. The Morgan fingerprint density at radius 3 is 2.50 bits per heavy atom. The van der Waals surface area contributed by atoms with Crippen LogP contribution in [0.3, 0.4) is 0 Å². The molecule has 0 aromatic carbocycles. The zero-order chi connectivity index (χ0) is 11.4. The molecular formula is C12H20N2O2. The monoisotopic (exact) mass is 224 g/mol. The lowest BCUT2D eigenvalue weighted by Crippen LogP contribution is -2.61. The molecule has 16 heavy (non-hydrogen) atoms. The van der Waals surface area contributed by atoms with Gasteiger partial charge in [0.2, 0.25) is 5.91 Å². The van der Waals surface area contributed by atoms with E-state index in [0.29, 0.717) is 18.9 Å². The molecule has 0 aromatic heterocycles. The first-order valence-corrected chi connectivity index (χ1v) is 6.26.